The van der Waals surface area contributed by atoms with Crippen LogP contribution in [0.3, 0.4) is 0 Å². The average Bonchev–Trinajstić information content (AvgIpc) is 2.40. The zero-order chi connectivity index (χ0) is 14.5. The number of carbonyl (C=O) groups excluding carboxylic acids is 1. The average molecular weight is 313 g/mol. The maximum absolute atomic E-state index is 11.7. The predicted octanol–water partition coefficient (Wildman–Crippen LogP) is 0.842. The molecule has 0 atom stereocenters. The van der Waals surface area contributed by atoms with E-state index in [9.17, 15) is 14.4 Å². The van der Waals surface area contributed by atoms with Crippen LogP contribution in [0.1, 0.15) is 0 Å². The second kappa shape index (κ2) is 6.40. The number of carbonyl (C=O) groups is 1. The SMILES string of the molecule is O=C(CSc1n[nH]c(=O)[nH]c1=O)Nc1ccccc1Cl. The predicted molar refractivity (Wildman–Crippen MR) is 76.3 cm³/mol. The van der Waals surface area contributed by atoms with Crippen LogP contribution in [0.15, 0.2) is 38.9 Å². The summed E-state index contributed by atoms with van der Waals surface area (Å²) in [7, 11) is 0. The molecule has 0 aliphatic carbocycles. The summed E-state index contributed by atoms with van der Waals surface area (Å²) in [6.07, 6.45) is 0. The number of nitrogens with zero attached hydrogens (tertiary/aromatic N) is 1. The van der Waals surface area contributed by atoms with Gasteiger partial charge in [0.05, 0.1) is 16.5 Å². The topological polar surface area (TPSA) is 108 Å². The third-order valence-electron chi connectivity index (χ3n) is 2.17. The highest BCUT2D eigenvalue weighted by Crippen LogP contribution is 2.20. The normalized spacial score (nSPS) is 10.2. The summed E-state index contributed by atoms with van der Waals surface area (Å²) in [6, 6.07) is 6.80. The maximum atomic E-state index is 11.7. The second-order valence-electron chi connectivity index (χ2n) is 3.63. The first kappa shape index (κ1) is 14.4. The van der Waals surface area contributed by atoms with Crippen molar-refractivity contribution in [3.05, 3.63) is 50.1 Å². The van der Waals surface area contributed by atoms with Gasteiger partial charge in [-0.2, -0.15) is 5.10 Å². The Hall–Kier alpha value is -2.06. The van der Waals surface area contributed by atoms with Crippen molar-refractivity contribution in [1.82, 2.24) is 15.2 Å². The van der Waals surface area contributed by atoms with Crippen LogP contribution in [0.25, 0.3) is 0 Å². The molecule has 7 nitrogen and oxygen atoms in total. The molecule has 0 saturated carbocycles. The maximum Gasteiger partial charge on any atom is 0.342 e. The van der Waals surface area contributed by atoms with E-state index in [0.29, 0.717) is 10.7 Å². The van der Waals surface area contributed by atoms with Crippen molar-refractivity contribution in [3.8, 4) is 0 Å². The molecule has 1 aromatic carbocycles. The van der Waals surface area contributed by atoms with Gasteiger partial charge in [-0.05, 0) is 12.1 Å². The molecule has 0 radical (unpaired) electrons. The van der Waals surface area contributed by atoms with Crippen LogP contribution >= 0.6 is 23.4 Å². The first-order chi connectivity index (χ1) is 9.56. The van der Waals surface area contributed by atoms with Crippen molar-refractivity contribution >= 4 is 35.0 Å². The van der Waals surface area contributed by atoms with E-state index in [0.717, 1.165) is 11.8 Å². The fraction of sp³-hybridized carbons (Fsp3) is 0.0909. The van der Waals surface area contributed by atoms with Gasteiger partial charge in [0.1, 0.15) is 0 Å². The Labute approximate surface area is 121 Å². The molecule has 0 aliphatic rings. The fourth-order valence-corrected chi connectivity index (χ4v) is 2.13. The Balaban J connectivity index is 1.97. The van der Waals surface area contributed by atoms with Crippen LogP contribution in [-0.4, -0.2) is 26.8 Å². The van der Waals surface area contributed by atoms with Gasteiger partial charge in [-0.1, -0.05) is 35.5 Å². The molecule has 0 spiro atoms. The molecule has 0 bridgehead atoms. The Morgan fingerprint density at radius 2 is 2.10 bits per heavy atom. The molecule has 3 N–H and O–H groups in total. The number of anilines is 1. The molecule has 9 heteroatoms. The number of rotatable bonds is 4. The number of hydrogen-bond acceptors (Lipinski definition) is 5. The molecular formula is C11H9ClN4O3S. The van der Waals surface area contributed by atoms with Gasteiger partial charge in [-0.3, -0.25) is 14.6 Å². The van der Waals surface area contributed by atoms with Gasteiger partial charge in [0.2, 0.25) is 5.91 Å². The van der Waals surface area contributed by atoms with Crippen molar-refractivity contribution < 1.29 is 4.79 Å². The van der Waals surface area contributed by atoms with E-state index < -0.39 is 11.2 Å². The molecular weight excluding hydrogens is 304 g/mol. The lowest BCUT2D eigenvalue weighted by molar-refractivity contribution is -0.113. The van der Waals surface area contributed by atoms with Crippen molar-refractivity contribution in [2.24, 2.45) is 0 Å². The molecule has 0 fully saturated rings. The van der Waals surface area contributed by atoms with Crippen LogP contribution in [0, 0.1) is 0 Å². The number of H-pyrrole nitrogens is 2. The highest BCUT2D eigenvalue weighted by atomic mass is 35.5. The van der Waals surface area contributed by atoms with Crippen LogP contribution < -0.4 is 16.6 Å². The van der Waals surface area contributed by atoms with Gasteiger partial charge < -0.3 is 5.32 Å². The molecule has 20 heavy (non-hydrogen) atoms. The molecule has 104 valence electrons. The molecule has 1 aromatic heterocycles. The fourth-order valence-electron chi connectivity index (χ4n) is 1.32. The quantitative estimate of drug-likeness (QED) is 0.725. The highest BCUT2D eigenvalue weighted by Gasteiger charge is 2.09. The summed E-state index contributed by atoms with van der Waals surface area (Å²) >= 11 is 6.81. The highest BCUT2D eigenvalue weighted by molar-refractivity contribution is 7.99. The minimum absolute atomic E-state index is 0.0129. The first-order valence-corrected chi connectivity index (χ1v) is 6.79. The summed E-state index contributed by atoms with van der Waals surface area (Å²) in [6.45, 7) is 0. The minimum atomic E-state index is -0.695. The van der Waals surface area contributed by atoms with Gasteiger partial charge in [0.25, 0.3) is 5.56 Å². The zero-order valence-electron chi connectivity index (χ0n) is 9.97. The summed E-state index contributed by atoms with van der Waals surface area (Å²) < 4.78 is 0. The van der Waals surface area contributed by atoms with Gasteiger partial charge in [0.15, 0.2) is 5.03 Å². The van der Waals surface area contributed by atoms with Crippen molar-refractivity contribution in [1.29, 1.82) is 0 Å². The number of aromatic nitrogens is 3. The number of benzene rings is 1. The summed E-state index contributed by atoms with van der Waals surface area (Å²) in [5.74, 6) is -0.372. The van der Waals surface area contributed by atoms with Crippen LogP contribution in [0.5, 0.6) is 0 Å². The van der Waals surface area contributed by atoms with E-state index in [1.165, 1.54) is 0 Å². The zero-order valence-corrected chi connectivity index (χ0v) is 11.5. The van der Waals surface area contributed by atoms with Crippen LogP contribution in [-0.2, 0) is 4.79 Å². The lowest BCUT2D eigenvalue weighted by Gasteiger charge is -2.05. The van der Waals surface area contributed by atoms with Gasteiger partial charge in [0, 0.05) is 0 Å². The summed E-state index contributed by atoms with van der Waals surface area (Å²) in [5.41, 5.74) is -0.840. The molecule has 1 heterocycles. The third-order valence-corrected chi connectivity index (χ3v) is 3.45. The van der Waals surface area contributed by atoms with Crippen molar-refractivity contribution in [2.75, 3.05) is 11.1 Å². The standard InChI is InChI=1S/C11H9ClN4O3S/c12-6-3-1-2-4-7(6)13-8(17)5-20-10-9(18)14-11(19)16-15-10/h1-4H,5H2,(H,13,17)(H2,14,16,18,19). The monoisotopic (exact) mass is 312 g/mol. The molecule has 2 rings (SSSR count). The lowest BCUT2D eigenvalue weighted by Crippen LogP contribution is -2.25. The number of para-hydroxylation sites is 1. The van der Waals surface area contributed by atoms with E-state index in [1.807, 2.05) is 4.98 Å². The molecule has 0 aliphatic heterocycles. The number of nitrogens with one attached hydrogen (secondary N) is 3. The van der Waals surface area contributed by atoms with E-state index >= 15 is 0 Å². The Morgan fingerprint density at radius 3 is 2.80 bits per heavy atom. The number of halogens is 1. The second-order valence-corrected chi connectivity index (χ2v) is 5.00. The molecule has 0 unspecified atom stereocenters. The minimum Gasteiger partial charge on any atom is -0.324 e. The number of aromatic amines is 2. The molecule has 2 aromatic rings. The number of thioether (sulfide) groups is 1. The van der Waals surface area contributed by atoms with Gasteiger partial charge >= 0.3 is 5.69 Å². The van der Waals surface area contributed by atoms with Crippen molar-refractivity contribution in [2.45, 2.75) is 5.03 Å². The third kappa shape index (κ3) is 3.72. The number of hydrogen-bond donors (Lipinski definition) is 3. The van der Waals surface area contributed by atoms with Gasteiger partial charge in [-0.25, -0.2) is 9.89 Å². The molecule has 0 saturated heterocycles. The number of amides is 1. The summed E-state index contributed by atoms with van der Waals surface area (Å²) in [5, 5.41) is 8.68. The van der Waals surface area contributed by atoms with E-state index in [4.69, 9.17) is 11.6 Å². The first-order valence-electron chi connectivity index (χ1n) is 5.42. The Morgan fingerprint density at radius 1 is 1.35 bits per heavy atom. The molecule has 1 amide bonds. The summed E-state index contributed by atoms with van der Waals surface area (Å²) in [4.78, 5) is 35.9. The Bertz CT molecular complexity index is 743. The van der Waals surface area contributed by atoms with E-state index in [2.05, 4.69) is 15.5 Å². The van der Waals surface area contributed by atoms with E-state index in [1.54, 1.807) is 24.3 Å². The largest absolute Gasteiger partial charge is 0.342 e. The lowest BCUT2D eigenvalue weighted by atomic mass is 10.3. The van der Waals surface area contributed by atoms with Crippen LogP contribution in [0.4, 0.5) is 5.69 Å². The van der Waals surface area contributed by atoms with Gasteiger partial charge in [-0.15, -0.1) is 0 Å². The van der Waals surface area contributed by atoms with Crippen LogP contribution in [0.2, 0.25) is 5.02 Å². The van der Waals surface area contributed by atoms with E-state index in [-0.39, 0.29) is 16.7 Å². The smallest absolute Gasteiger partial charge is 0.324 e. The Kier molecular flexibility index (Phi) is 4.59. The van der Waals surface area contributed by atoms with Crippen molar-refractivity contribution in [3.63, 3.8) is 0 Å².